The van der Waals surface area contributed by atoms with Gasteiger partial charge in [-0.1, -0.05) is 4.48 Å². The molecule has 1 amide bonds. The summed E-state index contributed by atoms with van der Waals surface area (Å²) >= 11 is 0. The van der Waals surface area contributed by atoms with Crippen molar-refractivity contribution >= 4 is 16.8 Å². The van der Waals surface area contributed by atoms with E-state index < -0.39 is 17.4 Å². The highest BCUT2D eigenvalue weighted by Gasteiger charge is 2.22. The molecule has 1 aromatic carbocycles. The number of carbonyl (C=O) groups is 1. The largest absolute Gasteiger partial charge is 0.497 e. The number of carbonyl (C=O) groups excluding carboxylic acids is 1. The average molecular weight is 252 g/mol. The fourth-order valence-corrected chi connectivity index (χ4v) is 1.62. The zero-order chi connectivity index (χ0) is 13.3. The number of fused-ring (bicyclic) bond motifs is 1. The number of benzene rings is 1. The lowest BCUT2D eigenvalue weighted by atomic mass is 10.1. The zero-order valence-corrected chi connectivity index (χ0v) is 9.09. The summed E-state index contributed by atoms with van der Waals surface area (Å²) in [5.41, 5.74) is 7.36. The smallest absolute Gasteiger partial charge is 0.254 e. The Balaban J connectivity index is 2.79. The van der Waals surface area contributed by atoms with Crippen molar-refractivity contribution in [2.75, 3.05) is 7.11 Å². The summed E-state index contributed by atoms with van der Waals surface area (Å²) < 4.78 is 32.0. The normalized spacial score (nSPS) is 10.2. The molecule has 0 fully saturated rings. The second kappa shape index (κ2) is 4.34. The van der Waals surface area contributed by atoms with Crippen LogP contribution < -0.4 is 4.74 Å². The molecule has 0 spiro atoms. The van der Waals surface area contributed by atoms with Crippen LogP contribution in [0.2, 0.25) is 0 Å². The third kappa shape index (κ3) is 1.64. The molecule has 0 unspecified atom stereocenters. The Morgan fingerprint density at radius 3 is 2.89 bits per heavy atom. The van der Waals surface area contributed by atoms with Gasteiger partial charge in [-0.3, -0.25) is 4.79 Å². The van der Waals surface area contributed by atoms with Crippen molar-refractivity contribution in [1.82, 2.24) is 4.79 Å². The van der Waals surface area contributed by atoms with E-state index in [0.717, 1.165) is 0 Å². The molecular formula is C10H6F2N4O2. The van der Waals surface area contributed by atoms with E-state index in [1.165, 1.54) is 25.3 Å². The number of hydrogen-bond donors (Lipinski definition) is 0. The van der Waals surface area contributed by atoms with E-state index in [0.29, 0.717) is 5.75 Å². The van der Waals surface area contributed by atoms with Gasteiger partial charge in [0.25, 0.3) is 5.91 Å². The van der Waals surface area contributed by atoms with Crippen LogP contribution >= 0.6 is 0 Å². The van der Waals surface area contributed by atoms with Crippen molar-refractivity contribution in [3.05, 3.63) is 40.2 Å². The fraction of sp³-hybridized carbons (Fsp3) is 0.100. The van der Waals surface area contributed by atoms with Crippen molar-refractivity contribution in [2.45, 2.75) is 0 Å². The summed E-state index contributed by atoms with van der Waals surface area (Å²) in [7, 11) is 1.37. The maximum atomic E-state index is 13.6. The number of azide groups is 1. The van der Waals surface area contributed by atoms with Crippen LogP contribution in [-0.4, -0.2) is 17.8 Å². The molecule has 0 aliphatic heterocycles. The van der Waals surface area contributed by atoms with E-state index in [4.69, 9.17) is 10.3 Å². The molecule has 0 atom stereocenters. The standard InChI is InChI=1S/C10H6F2N4O2/c1-18-5-2-3-6-7(4-5)16(12)9(11)8(6)10(17)14-15-13/h2-4H,1H3. The summed E-state index contributed by atoms with van der Waals surface area (Å²) in [5, 5.41) is 2.76. The average Bonchev–Trinajstić information content (AvgIpc) is 2.62. The minimum absolute atomic E-state index is 0.00759. The molecule has 18 heavy (non-hydrogen) atoms. The van der Waals surface area contributed by atoms with Crippen LogP contribution in [0.4, 0.5) is 8.87 Å². The SMILES string of the molecule is COc1ccc2c(C(=O)N=[N+]=[N-])c(F)n(F)c2c1. The van der Waals surface area contributed by atoms with Crippen molar-refractivity contribution in [1.29, 1.82) is 0 Å². The highest BCUT2D eigenvalue weighted by molar-refractivity contribution is 6.07. The molecule has 0 bridgehead atoms. The lowest BCUT2D eigenvalue weighted by molar-refractivity contribution is 0.0995. The van der Waals surface area contributed by atoms with E-state index in [1.54, 1.807) is 0 Å². The molecule has 6 nitrogen and oxygen atoms in total. The number of aromatic nitrogens is 1. The van der Waals surface area contributed by atoms with Crippen LogP contribution in [0.15, 0.2) is 23.3 Å². The summed E-state index contributed by atoms with van der Waals surface area (Å²) in [6.45, 7) is 0. The van der Waals surface area contributed by atoms with Gasteiger partial charge in [0.05, 0.1) is 18.2 Å². The zero-order valence-electron chi connectivity index (χ0n) is 9.09. The first-order valence-corrected chi connectivity index (χ1v) is 4.73. The van der Waals surface area contributed by atoms with Gasteiger partial charge in [0.1, 0.15) is 5.75 Å². The summed E-state index contributed by atoms with van der Waals surface area (Å²) in [6.07, 6.45) is 0. The lowest BCUT2D eigenvalue weighted by Crippen LogP contribution is -1.97. The Kier molecular flexibility index (Phi) is 2.86. The molecule has 0 saturated carbocycles. The molecule has 2 aromatic rings. The maximum Gasteiger partial charge on any atom is 0.254 e. The molecule has 92 valence electrons. The highest BCUT2D eigenvalue weighted by atomic mass is 19.2. The Bertz CT molecular complexity index is 689. The minimum Gasteiger partial charge on any atom is -0.497 e. The quantitative estimate of drug-likeness (QED) is 0.467. The lowest BCUT2D eigenvalue weighted by Gasteiger charge is -1.99. The first kappa shape index (κ1) is 11.9. The number of rotatable bonds is 2. The Hall–Kier alpha value is -2.60. The van der Waals surface area contributed by atoms with Crippen LogP contribution in [0.1, 0.15) is 10.4 Å². The molecular weight excluding hydrogens is 246 g/mol. The van der Waals surface area contributed by atoms with Gasteiger partial charge in [0.15, 0.2) is 0 Å². The fourth-order valence-electron chi connectivity index (χ4n) is 1.62. The van der Waals surface area contributed by atoms with Crippen LogP contribution in [-0.2, 0) is 0 Å². The topological polar surface area (TPSA) is 80.0 Å². The van der Waals surface area contributed by atoms with Crippen LogP contribution in [0, 0.1) is 5.95 Å². The number of amides is 1. The van der Waals surface area contributed by atoms with Gasteiger partial charge >= 0.3 is 0 Å². The molecule has 8 heteroatoms. The van der Waals surface area contributed by atoms with Crippen LogP contribution in [0.5, 0.6) is 5.75 Å². The number of ether oxygens (including phenoxy) is 1. The summed E-state index contributed by atoms with van der Waals surface area (Å²) in [4.78, 5) is 13.3. The number of methoxy groups -OCH3 is 1. The van der Waals surface area contributed by atoms with Gasteiger partial charge in [-0.25, -0.2) is 0 Å². The van der Waals surface area contributed by atoms with Crippen molar-refractivity contribution in [2.24, 2.45) is 5.11 Å². The monoisotopic (exact) mass is 252 g/mol. The van der Waals surface area contributed by atoms with Gasteiger partial charge in [-0.15, -0.1) is 4.79 Å². The summed E-state index contributed by atoms with van der Waals surface area (Å²) in [6, 6.07) is 3.98. The van der Waals surface area contributed by atoms with E-state index >= 15 is 0 Å². The Morgan fingerprint density at radius 1 is 1.56 bits per heavy atom. The molecule has 0 aliphatic rings. The molecule has 0 radical (unpaired) electrons. The van der Waals surface area contributed by atoms with Crippen LogP contribution in [0.3, 0.4) is 0 Å². The molecule has 0 aliphatic carbocycles. The van der Waals surface area contributed by atoms with Crippen molar-refractivity contribution in [3.8, 4) is 5.75 Å². The van der Waals surface area contributed by atoms with E-state index in [-0.39, 0.29) is 15.7 Å². The first-order chi connectivity index (χ1) is 8.60. The van der Waals surface area contributed by atoms with E-state index in [9.17, 15) is 13.7 Å². The third-order valence-electron chi connectivity index (χ3n) is 2.41. The predicted molar refractivity (Wildman–Crippen MR) is 58.4 cm³/mol. The van der Waals surface area contributed by atoms with Gasteiger partial charge in [-0.2, -0.15) is 4.39 Å². The maximum absolute atomic E-state index is 13.6. The third-order valence-corrected chi connectivity index (χ3v) is 2.41. The molecule has 1 aromatic heterocycles. The Morgan fingerprint density at radius 2 is 2.28 bits per heavy atom. The van der Waals surface area contributed by atoms with Gasteiger partial charge < -0.3 is 4.74 Å². The molecule has 1 heterocycles. The second-order valence-electron chi connectivity index (χ2n) is 3.32. The number of hydrogen-bond acceptors (Lipinski definition) is 2. The Labute approximate surface area is 98.9 Å². The second-order valence-corrected chi connectivity index (χ2v) is 3.32. The van der Waals surface area contributed by atoms with Gasteiger partial charge in [0, 0.05) is 16.4 Å². The number of nitrogens with zero attached hydrogens (tertiary/aromatic N) is 4. The molecule has 0 N–H and O–H groups in total. The number of halogens is 2. The van der Waals surface area contributed by atoms with Crippen molar-refractivity contribution < 1.29 is 18.4 Å². The van der Waals surface area contributed by atoms with Crippen LogP contribution in [0.25, 0.3) is 21.3 Å². The predicted octanol–water partition coefficient (Wildman–Crippen LogP) is 2.97. The van der Waals surface area contributed by atoms with E-state index in [1.807, 2.05) is 0 Å². The minimum atomic E-state index is -1.41. The van der Waals surface area contributed by atoms with Crippen molar-refractivity contribution in [3.63, 3.8) is 0 Å². The van der Waals surface area contributed by atoms with E-state index in [2.05, 4.69) is 10.0 Å². The van der Waals surface area contributed by atoms with Gasteiger partial charge in [-0.05, 0) is 22.8 Å². The molecule has 0 saturated heterocycles. The first-order valence-electron chi connectivity index (χ1n) is 4.73. The summed E-state index contributed by atoms with van der Waals surface area (Å²) in [5.74, 6) is -2.28. The molecule has 2 rings (SSSR count). The van der Waals surface area contributed by atoms with Gasteiger partial charge in [0.2, 0.25) is 5.95 Å². The highest BCUT2D eigenvalue weighted by Crippen LogP contribution is 2.29.